The van der Waals surface area contributed by atoms with E-state index in [1.54, 1.807) is 17.6 Å². The number of hydrogen-bond acceptors (Lipinski definition) is 7. The first kappa shape index (κ1) is 15.2. The van der Waals surface area contributed by atoms with Crippen molar-refractivity contribution in [3.63, 3.8) is 0 Å². The number of benzene rings is 1. The molecule has 4 rings (SSSR count). The third-order valence-corrected chi connectivity index (χ3v) is 5.13. The summed E-state index contributed by atoms with van der Waals surface area (Å²) in [6.45, 7) is 0.380. The maximum Gasteiger partial charge on any atom is 0.244 e. The SMILES string of the molecule is O=C(Sc1ccccn1)c1csc(C2COc3ccccc3O2)n1. The summed E-state index contributed by atoms with van der Waals surface area (Å²) in [5.41, 5.74) is 0.410. The van der Waals surface area contributed by atoms with Crippen LogP contribution in [0.1, 0.15) is 21.6 Å². The van der Waals surface area contributed by atoms with Crippen molar-refractivity contribution in [2.24, 2.45) is 0 Å². The quantitative estimate of drug-likeness (QED) is 0.662. The van der Waals surface area contributed by atoms with Gasteiger partial charge in [-0.15, -0.1) is 11.3 Å². The zero-order valence-electron chi connectivity index (χ0n) is 12.4. The minimum Gasteiger partial charge on any atom is -0.485 e. The molecule has 7 heteroatoms. The van der Waals surface area contributed by atoms with E-state index in [2.05, 4.69) is 9.97 Å². The Morgan fingerprint density at radius 2 is 2.00 bits per heavy atom. The Hall–Kier alpha value is -2.38. The predicted molar refractivity (Wildman–Crippen MR) is 91.8 cm³/mol. The predicted octanol–water partition coefficient (Wildman–Crippen LogP) is 3.98. The molecular formula is C17H12N2O3S2. The van der Waals surface area contributed by atoms with Crippen molar-refractivity contribution < 1.29 is 14.3 Å². The minimum absolute atomic E-state index is 0.131. The number of nitrogens with zero attached hydrogens (tertiary/aromatic N) is 2. The number of pyridine rings is 1. The third kappa shape index (κ3) is 3.13. The van der Waals surface area contributed by atoms with Crippen LogP contribution in [0.5, 0.6) is 11.5 Å². The van der Waals surface area contributed by atoms with Gasteiger partial charge in [-0.3, -0.25) is 4.79 Å². The molecule has 1 aliphatic heterocycles. The second-order valence-electron chi connectivity index (χ2n) is 4.99. The van der Waals surface area contributed by atoms with E-state index in [4.69, 9.17) is 9.47 Å². The normalized spacial score (nSPS) is 15.9. The molecule has 0 spiro atoms. The monoisotopic (exact) mass is 356 g/mol. The molecule has 120 valence electrons. The highest BCUT2D eigenvalue weighted by atomic mass is 32.2. The first-order valence-electron chi connectivity index (χ1n) is 7.27. The first-order chi connectivity index (χ1) is 11.8. The van der Waals surface area contributed by atoms with Gasteiger partial charge in [0.15, 0.2) is 17.6 Å². The number of ether oxygens (including phenoxy) is 2. The molecule has 0 saturated carbocycles. The molecule has 0 bridgehead atoms. The fourth-order valence-electron chi connectivity index (χ4n) is 2.23. The molecule has 3 aromatic rings. The van der Waals surface area contributed by atoms with Gasteiger partial charge in [0, 0.05) is 11.6 Å². The van der Waals surface area contributed by atoms with Gasteiger partial charge in [0.25, 0.3) is 0 Å². The summed E-state index contributed by atoms with van der Waals surface area (Å²) in [5.74, 6) is 1.42. The Morgan fingerprint density at radius 3 is 2.83 bits per heavy atom. The molecule has 5 nitrogen and oxygen atoms in total. The smallest absolute Gasteiger partial charge is 0.244 e. The van der Waals surface area contributed by atoms with Crippen molar-refractivity contribution in [2.75, 3.05) is 6.61 Å². The molecule has 3 heterocycles. The number of para-hydroxylation sites is 2. The van der Waals surface area contributed by atoms with Crippen LogP contribution in [0, 0.1) is 0 Å². The Balaban J connectivity index is 1.48. The highest BCUT2D eigenvalue weighted by Gasteiger charge is 2.26. The Kier molecular flexibility index (Phi) is 4.18. The lowest BCUT2D eigenvalue weighted by Gasteiger charge is -2.24. The van der Waals surface area contributed by atoms with E-state index in [0.717, 1.165) is 22.5 Å². The van der Waals surface area contributed by atoms with E-state index < -0.39 is 0 Å². The summed E-state index contributed by atoms with van der Waals surface area (Å²) in [6, 6.07) is 13.0. The van der Waals surface area contributed by atoms with Crippen LogP contribution in [-0.2, 0) is 0 Å². The summed E-state index contributed by atoms with van der Waals surface area (Å²) >= 11 is 2.47. The largest absolute Gasteiger partial charge is 0.485 e. The fraction of sp³-hybridized carbons (Fsp3) is 0.118. The summed E-state index contributed by atoms with van der Waals surface area (Å²) < 4.78 is 11.6. The van der Waals surface area contributed by atoms with Gasteiger partial charge in [0.05, 0.1) is 0 Å². The second-order valence-corrected chi connectivity index (χ2v) is 6.88. The number of hydrogen-bond donors (Lipinski definition) is 0. The van der Waals surface area contributed by atoms with Gasteiger partial charge in [-0.1, -0.05) is 18.2 Å². The fourth-order valence-corrected chi connectivity index (χ4v) is 3.77. The summed E-state index contributed by atoms with van der Waals surface area (Å²) in [5, 5.41) is 3.00. The molecule has 2 aromatic heterocycles. The maximum atomic E-state index is 12.3. The van der Waals surface area contributed by atoms with Crippen molar-refractivity contribution in [2.45, 2.75) is 11.1 Å². The van der Waals surface area contributed by atoms with Crippen LogP contribution in [0.3, 0.4) is 0 Å². The van der Waals surface area contributed by atoms with Crippen LogP contribution in [-0.4, -0.2) is 21.7 Å². The van der Waals surface area contributed by atoms with Crippen LogP contribution in [0.4, 0.5) is 0 Å². The molecule has 0 fully saturated rings. The molecule has 0 N–H and O–H groups in total. The molecule has 24 heavy (non-hydrogen) atoms. The van der Waals surface area contributed by atoms with Gasteiger partial charge in [-0.2, -0.15) is 0 Å². The van der Waals surface area contributed by atoms with Crippen LogP contribution < -0.4 is 9.47 Å². The lowest BCUT2D eigenvalue weighted by molar-refractivity contribution is 0.0908. The second kappa shape index (κ2) is 6.62. The van der Waals surface area contributed by atoms with Crippen molar-refractivity contribution in [3.8, 4) is 11.5 Å². The molecule has 1 aromatic carbocycles. The minimum atomic E-state index is -0.300. The standard InChI is InChI=1S/C17H12N2O3S2/c20-17(24-15-7-3-4-8-18-15)11-10-23-16(19-11)14-9-21-12-5-1-2-6-13(12)22-14/h1-8,10,14H,9H2. The molecule has 0 radical (unpaired) electrons. The van der Waals surface area contributed by atoms with E-state index in [9.17, 15) is 4.79 Å². The van der Waals surface area contributed by atoms with E-state index >= 15 is 0 Å². The zero-order chi connectivity index (χ0) is 16.4. The van der Waals surface area contributed by atoms with Gasteiger partial charge in [0.2, 0.25) is 5.12 Å². The number of carbonyl (C=O) groups is 1. The lowest BCUT2D eigenvalue weighted by atomic mass is 10.2. The number of rotatable bonds is 3. The van der Waals surface area contributed by atoms with Crippen molar-refractivity contribution in [1.82, 2.24) is 9.97 Å². The summed E-state index contributed by atoms with van der Waals surface area (Å²) in [4.78, 5) is 20.9. The lowest BCUT2D eigenvalue weighted by Crippen LogP contribution is -2.21. The van der Waals surface area contributed by atoms with Crippen molar-refractivity contribution >= 4 is 28.2 Å². The van der Waals surface area contributed by atoms with Gasteiger partial charge in [0.1, 0.15) is 22.3 Å². The van der Waals surface area contributed by atoms with Crippen LogP contribution in [0.25, 0.3) is 0 Å². The van der Waals surface area contributed by atoms with Crippen LogP contribution in [0.15, 0.2) is 59.1 Å². The summed E-state index contributed by atoms with van der Waals surface area (Å²) in [6.07, 6.45) is 1.36. The number of thiazole rings is 1. The molecular weight excluding hydrogens is 344 g/mol. The number of carbonyl (C=O) groups excluding carboxylic acids is 1. The number of aromatic nitrogens is 2. The average molecular weight is 356 g/mol. The van der Waals surface area contributed by atoms with E-state index in [0.29, 0.717) is 23.1 Å². The Bertz CT molecular complexity index is 867. The van der Waals surface area contributed by atoms with Crippen molar-refractivity contribution in [3.05, 3.63) is 64.7 Å². The van der Waals surface area contributed by atoms with Crippen LogP contribution >= 0.6 is 23.1 Å². The first-order valence-corrected chi connectivity index (χ1v) is 8.96. The molecule has 0 aliphatic carbocycles. The van der Waals surface area contributed by atoms with E-state index in [1.165, 1.54) is 11.3 Å². The molecule has 1 unspecified atom stereocenters. The summed E-state index contributed by atoms with van der Waals surface area (Å²) in [7, 11) is 0. The molecule has 1 aliphatic rings. The third-order valence-electron chi connectivity index (χ3n) is 3.35. The molecule has 1 atom stereocenters. The van der Waals surface area contributed by atoms with E-state index in [1.807, 2.05) is 36.4 Å². The molecule has 0 amide bonds. The highest BCUT2D eigenvalue weighted by Crippen LogP contribution is 2.36. The van der Waals surface area contributed by atoms with Gasteiger partial charge >= 0.3 is 0 Å². The number of fused-ring (bicyclic) bond motifs is 1. The zero-order valence-corrected chi connectivity index (χ0v) is 14.0. The van der Waals surface area contributed by atoms with E-state index in [-0.39, 0.29) is 11.2 Å². The van der Waals surface area contributed by atoms with Crippen molar-refractivity contribution in [1.29, 1.82) is 0 Å². The topological polar surface area (TPSA) is 61.3 Å². The van der Waals surface area contributed by atoms with Crippen LogP contribution in [0.2, 0.25) is 0 Å². The molecule has 0 saturated heterocycles. The maximum absolute atomic E-state index is 12.3. The average Bonchev–Trinajstić information content (AvgIpc) is 3.12. The van der Waals surface area contributed by atoms with Gasteiger partial charge in [-0.25, -0.2) is 9.97 Å². The van der Waals surface area contributed by atoms with Gasteiger partial charge < -0.3 is 9.47 Å². The Morgan fingerprint density at radius 1 is 1.17 bits per heavy atom. The van der Waals surface area contributed by atoms with Gasteiger partial charge in [-0.05, 0) is 36.0 Å². The highest BCUT2D eigenvalue weighted by molar-refractivity contribution is 8.14. The Labute approximate surface area is 146 Å². The number of thioether (sulfide) groups is 1.